The zero-order valence-electron chi connectivity index (χ0n) is 13.6. The Labute approximate surface area is 142 Å². The smallest absolute Gasteiger partial charge is 0.203 e. The number of hydrogen-bond donors (Lipinski definition) is 0. The lowest BCUT2D eigenvalue weighted by molar-refractivity contribution is 0.104. The highest BCUT2D eigenvalue weighted by molar-refractivity contribution is 6.14. The van der Waals surface area contributed by atoms with Gasteiger partial charge in [0.25, 0.3) is 0 Å². The molecule has 1 fully saturated rings. The Morgan fingerprint density at radius 2 is 1.62 bits per heavy atom. The molecule has 0 bridgehead atoms. The highest BCUT2D eigenvalue weighted by Gasteiger charge is 2.13. The molecule has 1 aliphatic heterocycles. The first-order valence-corrected chi connectivity index (χ1v) is 8.34. The predicted octanol–water partition coefficient (Wildman–Crippen LogP) is 4.47. The van der Waals surface area contributed by atoms with E-state index in [1.807, 2.05) is 24.3 Å². The number of carbonyl (C=O) groups is 1. The van der Waals surface area contributed by atoms with Crippen LogP contribution in [0.2, 0.25) is 0 Å². The second-order valence-corrected chi connectivity index (χ2v) is 6.00. The standard InChI is InChI=1S/C21H20N2O/c22-16-19(21(24)18-7-3-1-4-8-18)15-17-9-11-20(12-10-17)23-13-5-2-6-14-23/h1,3-4,7-12,15H,2,5-6,13-14H2/b19-15+. The fourth-order valence-electron chi connectivity index (χ4n) is 2.99. The van der Waals surface area contributed by atoms with Gasteiger partial charge in [0.05, 0.1) is 0 Å². The first-order chi connectivity index (χ1) is 11.8. The molecular weight excluding hydrogens is 296 g/mol. The van der Waals surface area contributed by atoms with Crippen LogP contribution in [0.1, 0.15) is 35.2 Å². The van der Waals surface area contributed by atoms with Crippen LogP contribution in [-0.4, -0.2) is 18.9 Å². The Morgan fingerprint density at radius 3 is 2.25 bits per heavy atom. The number of carbonyl (C=O) groups excluding carboxylic acids is 1. The number of hydrogen-bond acceptors (Lipinski definition) is 3. The fourth-order valence-corrected chi connectivity index (χ4v) is 2.99. The minimum atomic E-state index is -0.238. The summed E-state index contributed by atoms with van der Waals surface area (Å²) in [5.41, 5.74) is 2.78. The predicted molar refractivity (Wildman–Crippen MR) is 96.9 cm³/mol. The first-order valence-electron chi connectivity index (χ1n) is 8.34. The average Bonchev–Trinajstić information content (AvgIpc) is 2.67. The van der Waals surface area contributed by atoms with Crippen molar-refractivity contribution in [3.63, 3.8) is 0 Å². The summed E-state index contributed by atoms with van der Waals surface area (Å²) in [4.78, 5) is 14.8. The Hall–Kier alpha value is -2.86. The summed E-state index contributed by atoms with van der Waals surface area (Å²) in [6.07, 6.45) is 5.46. The molecule has 0 radical (unpaired) electrons. The van der Waals surface area contributed by atoms with Crippen LogP contribution in [0.15, 0.2) is 60.2 Å². The van der Waals surface area contributed by atoms with Crippen molar-refractivity contribution < 1.29 is 4.79 Å². The number of nitriles is 1. The highest BCUT2D eigenvalue weighted by Crippen LogP contribution is 2.21. The van der Waals surface area contributed by atoms with Crippen LogP contribution in [0.4, 0.5) is 5.69 Å². The monoisotopic (exact) mass is 316 g/mol. The van der Waals surface area contributed by atoms with E-state index in [0.717, 1.165) is 18.7 Å². The number of anilines is 1. The normalized spacial score (nSPS) is 15.0. The van der Waals surface area contributed by atoms with E-state index in [2.05, 4.69) is 17.0 Å². The number of benzene rings is 2. The topological polar surface area (TPSA) is 44.1 Å². The van der Waals surface area contributed by atoms with Crippen molar-refractivity contribution in [2.24, 2.45) is 0 Å². The molecule has 120 valence electrons. The van der Waals surface area contributed by atoms with Crippen LogP contribution in [0.5, 0.6) is 0 Å². The quantitative estimate of drug-likeness (QED) is 0.475. The van der Waals surface area contributed by atoms with Crippen LogP contribution in [0.3, 0.4) is 0 Å². The summed E-state index contributed by atoms with van der Waals surface area (Å²) in [5, 5.41) is 9.33. The minimum absolute atomic E-state index is 0.159. The van der Waals surface area contributed by atoms with Crippen molar-refractivity contribution in [2.45, 2.75) is 19.3 Å². The molecule has 2 aromatic carbocycles. The second kappa shape index (κ2) is 7.61. The highest BCUT2D eigenvalue weighted by atomic mass is 16.1. The number of piperidine rings is 1. The van der Waals surface area contributed by atoms with E-state index in [1.165, 1.54) is 24.9 Å². The maximum atomic E-state index is 12.4. The fraction of sp³-hybridized carbons (Fsp3) is 0.238. The van der Waals surface area contributed by atoms with Crippen molar-refractivity contribution in [3.05, 3.63) is 71.3 Å². The van der Waals surface area contributed by atoms with E-state index in [1.54, 1.807) is 30.3 Å². The van der Waals surface area contributed by atoms with Gasteiger partial charge in [-0.15, -0.1) is 0 Å². The largest absolute Gasteiger partial charge is 0.372 e. The lowest BCUT2D eigenvalue weighted by Crippen LogP contribution is -2.29. The van der Waals surface area contributed by atoms with Crippen LogP contribution >= 0.6 is 0 Å². The third-order valence-electron chi connectivity index (χ3n) is 4.33. The van der Waals surface area contributed by atoms with Crippen LogP contribution in [0.25, 0.3) is 6.08 Å². The number of Topliss-reactive ketones (excluding diaryl/α,β-unsaturated/α-hetero) is 1. The van der Waals surface area contributed by atoms with Gasteiger partial charge in [-0.3, -0.25) is 4.79 Å². The van der Waals surface area contributed by atoms with Crippen molar-refractivity contribution in [1.82, 2.24) is 0 Å². The molecule has 1 aliphatic rings. The van der Waals surface area contributed by atoms with Gasteiger partial charge in [-0.2, -0.15) is 5.26 Å². The Balaban J connectivity index is 1.78. The molecule has 3 rings (SSSR count). The Morgan fingerprint density at radius 1 is 0.958 bits per heavy atom. The van der Waals surface area contributed by atoms with Crippen molar-refractivity contribution in [2.75, 3.05) is 18.0 Å². The second-order valence-electron chi connectivity index (χ2n) is 6.00. The molecule has 1 saturated heterocycles. The summed E-state index contributed by atoms with van der Waals surface area (Å²) in [6, 6.07) is 19.0. The van der Waals surface area contributed by atoms with Gasteiger partial charge in [0.2, 0.25) is 5.78 Å². The molecular formula is C21H20N2O. The lowest BCUT2D eigenvalue weighted by atomic mass is 10.0. The number of rotatable bonds is 4. The van der Waals surface area contributed by atoms with Crippen molar-refractivity contribution in [3.8, 4) is 6.07 Å². The molecule has 0 atom stereocenters. The van der Waals surface area contributed by atoms with Gasteiger partial charge in [-0.1, -0.05) is 42.5 Å². The van der Waals surface area contributed by atoms with Crippen LogP contribution in [0, 0.1) is 11.3 Å². The molecule has 0 aliphatic carbocycles. The van der Waals surface area contributed by atoms with Gasteiger partial charge in [0, 0.05) is 24.3 Å². The van der Waals surface area contributed by atoms with E-state index in [0.29, 0.717) is 5.56 Å². The summed E-state index contributed by atoms with van der Waals surface area (Å²) in [6.45, 7) is 2.20. The van der Waals surface area contributed by atoms with E-state index in [-0.39, 0.29) is 11.4 Å². The number of nitrogens with zero attached hydrogens (tertiary/aromatic N) is 2. The van der Waals surface area contributed by atoms with E-state index >= 15 is 0 Å². The van der Waals surface area contributed by atoms with Gasteiger partial charge in [0.15, 0.2) is 0 Å². The molecule has 24 heavy (non-hydrogen) atoms. The molecule has 3 nitrogen and oxygen atoms in total. The molecule has 2 aromatic rings. The summed E-state index contributed by atoms with van der Waals surface area (Å²) < 4.78 is 0. The SMILES string of the molecule is N#C/C(=C\c1ccc(N2CCCCC2)cc1)C(=O)c1ccccc1. The molecule has 0 saturated carbocycles. The third kappa shape index (κ3) is 3.72. The molecule has 0 amide bonds. The summed E-state index contributed by atoms with van der Waals surface area (Å²) in [5.74, 6) is -0.238. The molecule has 3 heteroatoms. The number of ketones is 1. The summed E-state index contributed by atoms with van der Waals surface area (Å²) >= 11 is 0. The molecule has 0 N–H and O–H groups in total. The zero-order chi connectivity index (χ0) is 16.8. The Bertz CT molecular complexity index is 764. The minimum Gasteiger partial charge on any atom is -0.372 e. The lowest BCUT2D eigenvalue weighted by Gasteiger charge is -2.28. The third-order valence-corrected chi connectivity index (χ3v) is 4.33. The molecule has 1 heterocycles. The van der Waals surface area contributed by atoms with E-state index in [4.69, 9.17) is 0 Å². The van der Waals surface area contributed by atoms with Gasteiger partial charge >= 0.3 is 0 Å². The summed E-state index contributed by atoms with van der Waals surface area (Å²) in [7, 11) is 0. The van der Waals surface area contributed by atoms with Crippen molar-refractivity contribution >= 4 is 17.5 Å². The maximum Gasteiger partial charge on any atom is 0.203 e. The first kappa shape index (κ1) is 16.0. The average molecular weight is 316 g/mol. The van der Waals surface area contributed by atoms with Crippen LogP contribution in [-0.2, 0) is 0 Å². The van der Waals surface area contributed by atoms with E-state index < -0.39 is 0 Å². The van der Waals surface area contributed by atoms with E-state index in [9.17, 15) is 10.1 Å². The van der Waals surface area contributed by atoms with Gasteiger partial charge in [0.1, 0.15) is 11.6 Å². The van der Waals surface area contributed by atoms with Crippen molar-refractivity contribution in [1.29, 1.82) is 5.26 Å². The molecule has 0 spiro atoms. The molecule has 0 aromatic heterocycles. The van der Waals surface area contributed by atoms with Gasteiger partial charge in [-0.25, -0.2) is 0 Å². The zero-order valence-corrected chi connectivity index (χ0v) is 13.6. The van der Waals surface area contributed by atoms with Crippen LogP contribution < -0.4 is 4.90 Å². The van der Waals surface area contributed by atoms with Gasteiger partial charge in [-0.05, 0) is 43.0 Å². The molecule has 0 unspecified atom stereocenters. The Kier molecular flexibility index (Phi) is 5.08. The van der Waals surface area contributed by atoms with Gasteiger partial charge < -0.3 is 4.90 Å². The maximum absolute atomic E-state index is 12.4. The number of allylic oxidation sites excluding steroid dienone is 1.